The van der Waals surface area contributed by atoms with E-state index in [-0.39, 0.29) is 22.1 Å². The molecule has 7 nitrogen and oxygen atoms in total. The highest BCUT2D eigenvalue weighted by Gasteiger charge is 2.51. The summed E-state index contributed by atoms with van der Waals surface area (Å²) in [6, 6.07) is 12.7. The van der Waals surface area contributed by atoms with Crippen LogP contribution >= 0.6 is 34.9 Å². The standard InChI is InChI=1S/C26H19BrF5N2O5PS/c1-39-23(35)16-5-3-15(4-6-16)22-13-41-24(34-22)33-21-9-7-18(25(28,29)30)12-17(21)10-14-2-8-19(20(27)11-14)26(31,32)40(36,37)38/h2-9,11-13H,10H2,1H3,(H,33,34)(H2,36,37,38). The second kappa shape index (κ2) is 11.6. The van der Waals surface area contributed by atoms with Gasteiger partial charge in [0.1, 0.15) is 0 Å². The summed E-state index contributed by atoms with van der Waals surface area (Å²) in [6.45, 7) is 0. The van der Waals surface area contributed by atoms with Crippen molar-refractivity contribution in [1.82, 2.24) is 4.98 Å². The lowest BCUT2D eigenvalue weighted by Gasteiger charge is -2.20. The second-order valence-corrected chi connectivity index (χ2v) is 12.0. The molecular formula is C26H19BrF5N2O5PS. The highest BCUT2D eigenvalue weighted by atomic mass is 79.9. The molecule has 0 atom stereocenters. The molecule has 1 aromatic heterocycles. The maximum absolute atomic E-state index is 14.2. The molecule has 3 aromatic carbocycles. The number of nitrogens with zero attached hydrogens (tertiary/aromatic N) is 1. The highest BCUT2D eigenvalue weighted by molar-refractivity contribution is 9.10. The van der Waals surface area contributed by atoms with Gasteiger partial charge in [-0.05, 0) is 53.9 Å². The van der Waals surface area contributed by atoms with E-state index >= 15 is 0 Å². The van der Waals surface area contributed by atoms with E-state index in [2.05, 4.69) is 31.0 Å². The molecule has 0 aliphatic carbocycles. The molecule has 0 spiro atoms. The number of anilines is 2. The summed E-state index contributed by atoms with van der Waals surface area (Å²) >= 11 is 4.08. The van der Waals surface area contributed by atoms with Gasteiger partial charge in [0.15, 0.2) is 5.13 Å². The zero-order valence-corrected chi connectivity index (χ0v) is 24.0. The first-order valence-corrected chi connectivity index (χ1v) is 14.7. The fraction of sp³-hybridized carbons (Fsp3) is 0.154. The molecule has 0 radical (unpaired) electrons. The van der Waals surface area contributed by atoms with Crippen LogP contribution in [0.3, 0.4) is 0 Å². The predicted molar refractivity (Wildman–Crippen MR) is 147 cm³/mol. The fourth-order valence-corrected chi connectivity index (χ4v) is 5.87. The Kier molecular flexibility index (Phi) is 8.72. The molecule has 15 heteroatoms. The Morgan fingerprint density at radius 3 is 2.32 bits per heavy atom. The number of hydrogen-bond acceptors (Lipinski definition) is 6. The smallest absolute Gasteiger partial charge is 0.416 e. The molecule has 0 unspecified atom stereocenters. The molecule has 0 aliphatic rings. The Balaban J connectivity index is 1.64. The topological polar surface area (TPSA) is 109 Å². The summed E-state index contributed by atoms with van der Waals surface area (Å²) in [5, 5.41) is 5.08. The number of thiazole rings is 1. The number of rotatable bonds is 8. The third kappa shape index (κ3) is 6.84. The van der Waals surface area contributed by atoms with Crippen molar-refractivity contribution >= 4 is 51.7 Å². The number of aromatic nitrogens is 1. The van der Waals surface area contributed by atoms with Crippen LogP contribution in [0.1, 0.15) is 32.6 Å². The maximum Gasteiger partial charge on any atom is 0.416 e. The van der Waals surface area contributed by atoms with Gasteiger partial charge in [0.2, 0.25) is 0 Å². The number of benzene rings is 3. The Bertz CT molecular complexity index is 1640. The van der Waals surface area contributed by atoms with Crippen molar-refractivity contribution in [3.8, 4) is 11.3 Å². The van der Waals surface area contributed by atoms with E-state index in [4.69, 9.17) is 9.79 Å². The largest absolute Gasteiger partial charge is 0.465 e. The third-order valence-corrected chi connectivity index (χ3v) is 8.28. The molecule has 0 bridgehead atoms. The van der Waals surface area contributed by atoms with Gasteiger partial charge in [-0.15, -0.1) is 11.3 Å². The quantitative estimate of drug-likeness (QED) is 0.0988. The van der Waals surface area contributed by atoms with E-state index in [9.17, 15) is 31.3 Å². The SMILES string of the molecule is COC(=O)c1ccc(-c2csc(Nc3ccc(C(F)(F)F)cc3Cc3ccc(C(F)(F)P(=O)(O)O)c(Br)c3)n2)cc1. The summed E-state index contributed by atoms with van der Waals surface area (Å²) < 4.78 is 84.5. The lowest BCUT2D eigenvalue weighted by molar-refractivity contribution is -0.137. The minimum absolute atomic E-state index is 0.139. The molecule has 0 amide bonds. The van der Waals surface area contributed by atoms with Gasteiger partial charge in [-0.3, -0.25) is 4.57 Å². The Labute approximate surface area is 242 Å². The zero-order valence-electron chi connectivity index (χ0n) is 20.7. The normalized spacial score (nSPS) is 12.3. The number of carbonyl (C=O) groups excluding carboxylic acids is 1. The van der Waals surface area contributed by atoms with Crippen LogP contribution < -0.4 is 5.32 Å². The van der Waals surface area contributed by atoms with E-state index in [1.54, 1.807) is 29.6 Å². The number of carbonyl (C=O) groups is 1. The van der Waals surface area contributed by atoms with Crippen LogP contribution in [0.2, 0.25) is 0 Å². The molecule has 41 heavy (non-hydrogen) atoms. The number of nitrogens with one attached hydrogen (secondary N) is 1. The lowest BCUT2D eigenvalue weighted by Crippen LogP contribution is -2.14. The second-order valence-electron chi connectivity index (χ2n) is 8.68. The van der Waals surface area contributed by atoms with Crippen molar-refractivity contribution < 1.29 is 45.8 Å². The van der Waals surface area contributed by atoms with Crippen LogP contribution in [0, 0.1) is 0 Å². The summed E-state index contributed by atoms with van der Waals surface area (Å²) in [5.74, 6) is -0.496. The predicted octanol–water partition coefficient (Wildman–Crippen LogP) is 7.94. The number of halogens is 6. The van der Waals surface area contributed by atoms with Crippen LogP contribution in [0.25, 0.3) is 11.3 Å². The average molecular weight is 677 g/mol. The number of esters is 1. The zero-order chi connectivity index (χ0) is 30.2. The van der Waals surface area contributed by atoms with Crippen LogP contribution in [-0.2, 0) is 27.6 Å². The van der Waals surface area contributed by atoms with E-state index < -0.39 is 36.5 Å². The highest BCUT2D eigenvalue weighted by Crippen LogP contribution is 2.60. The molecule has 0 fully saturated rings. The van der Waals surface area contributed by atoms with Crippen LogP contribution in [-0.4, -0.2) is 27.8 Å². The summed E-state index contributed by atoms with van der Waals surface area (Å²) in [6.07, 6.45) is -4.78. The number of ether oxygens (including phenoxy) is 1. The summed E-state index contributed by atoms with van der Waals surface area (Å²) in [4.78, 5) is 34.2. The molecule has 3 N–H and O–H groups in total. The molecule has 4 rings (SSSR count). The van der Waals surface area contributed by atoms with Gasteiger partial charge < -0.3 is 19.8 Å². The minimum Gasteiger partial charge on any atom is -0.465 e. The van der Waals surface area contributed by atoms with Gasteiger partial charge in [0.25, 0.3) is 0 Å². The Hall–Kier alpha value is -3.16. The van der Waals surface area contributed by atoms with E-state index in [0.29, 0.717) is 27.5 Å². The van der Waals surface area contributed by atoms with Gasteiger partial charge in [-0.2, -0.15) is 22.0 Å². The molecule has 0 saturated heterocycles. The third-order valence-electron chi connectivity index (χ3n) is 5.90. The Morgan fingerprint density at radius 1 is 1.05 bits per heavy atom. The molecule has 4 aromatic rings. The Morgan fingerprint density at radius 2 is 1.73 bits per heavy atom. The number of alkyl halides is 5. The fourth-order valence-electron chi connectivity index (χ4n) is 3.80. The first kappa shape index (κ1) is 30.8. The molecular weight excluding hydrogens is 658 g/mol. The summed E-state index contributed by atoms with van der Waals surface area (Å²) in [5.41, 5.74) is -4.01. The van der Waals surface area contributed by atoms with E-state index in [1.807, 2.05) is 0 Å². The molecule has 216 valence electrons. The van der Waals surface area contributed by atoms with Gasteiger partial charge >= 0.3 is 25.4 Å². The van der Waals surface area contributed by atoms with Crippen molar-refractivity contribution in [2.24, 2.45) is 0 Å². The van der Waals surface area contributed by atoms with E-state index in [0.717, 1.165) is 24.3 Å². The first-order chi connectivity index (χ1) is 19.1. The van der Waals surface area contributed by atoms with Gasteiger partial charge in [-0.25, -0.2) is 9.78 Å². The lowest BCUT2D eigenvalue weighted by atomic mass is 9.99. The first-order valence-electron chi connectivity index (χ1n) is 11.4. The molecule has 0 aliphatic heterocycles. The molecule has 0 saturated carbocycles. The van der Waals surface area contributed by atoms with Crippen molar-refractivity contribution in [3.63, 3.8) is 0 Å². The van der Waals surface area contributed by atoms with Crippen LogP contribution in [0.4, 0.5) is 32.8 Å². The van der Waals surface area contributed by atoms with E-state index in [1.165, 1.54) is 30.6 Å². The van der Waals surface area contributed by atoms with Gasteiger partial charge in [0, 0.05) is 26.7 Å². The monoisotopic (exact) mass is 676 g/mol. The maximum atomic E-state index is 14.2. The van der Waals surface area contributed by atoms with Crippen LogP contribution in [0.15, 0.2) is 70.5 Å². The van der Waals surface area contributed by atoms with Crippen LogP contribution in [0.5, 0.6) is 0 Å². The van der Waals surface area contributed by atoms with Crippen molar-refractivity contribution in [1.29, 1.82) is 0 Å². The average Bonchev–Trinajstić information content (AvgIpc) is 3.36. The van der Waals surface area contributed by atoms with Crippen molar-refractivity contribution in [2.75, 3.05) is 12.4 Å². The molecule has 1 heterocycles. The van der Waals surface area contributed by atoms with Crippen molar-refractivity contribution in [2.45, 2.75) is 18.3 Å². The number of methoxy groups -OCH3 is 1. The number of hydrogen-bond donors (Lipinski definition) is 3. The van der Waals surface area contributed by atoms with Gasteiger partial charge in [-0.1, -0.05) is 40.2 Å². The minimum atomic E-state index is -5.82. The van der Waals surface area contributed by atoms with Crippen molar-refractivity contribution in [3.05, 3.63) is 98.3 Å². The van der Waals surface area contributed by atoms with Gasteiger partial charge in [0.05, 0.1) is 23.9 Å². The summed E-state index contributed by atoms with van der Waals surface area (Å²) in [7, 11) is -4.56.